The van der Waals surface area contributed by atoms with Crippen LogP contribution in [0.2, 0.25) is 10.0 Å². The number of benzene rings is 1. The summed E-state index contributed by atoms with van der Waals surface area (Å²) < 4.78 is 0. The highest BCUT2D eigenvalue weighted by atomic mass is 35.5. The molecular weight excluding hydrogens is 247 g/mol. The maximum absolute atomic E-state index is 11.4. The largest absolute Gasteiger partial charge is 0.383 e. The van der Waals surface area contributed by atoms with Crippen LogP contribution in [0.1, 0.15) is 0 Å². The Balaban J connectivity index is 2.70. The third-order valence-corrected chi connectivity index (χ3v) is 2.26. The van der Waals surface area contributed by atoms with Crippen molar-refractivity contribution >= 4 is 34.8 Å². The first kappa shape index (κ1) is 12.9. The van der Waals surface area contributed by atoms with Crippen molar-refractivity contribution in [2.24, 2.45) is 0 Å². The van der Waals surface area contributed by atoms with Crippen molar-refractivity contribution in [1.82, 2.24) is 4.90 Å². The van der Waals surface area contributed by atoms with Crippen LogP contribution in [0.15, 0.2) is 30.5 Å². The van der Waals surface area contributed by atoms with Crippen molar-refractivity contribution in [3.8, 4) is 0 Å². The maximum Gasteiger partial charge on any atom is 0.249 e. The van der Waals surface area contributed by atoms with E-state index in [-0.39, 0.29) is 5.91 Å². The highest BCUT2D eigenvalue weighted by molar-refractivity contribution is 6.36. The van der Waals surface area contributed by atoms with E-state index in [1.54, 1.807) is 29.3 Å². The smallest absolute Gasteiger partial charge is 0.249 e. The average Bonchev–Trinajstić information content (AvgIpc) is 2.19. The van der Waals surface area contributed by atoms with E-state index >= 15 is 0 Å². The molecule has 16 heavy (non-hydrogen) atoms. The molecule has 0 heterocycles. The van der Waals surface area contributed by atoms with Gasteiger partial charge in [0.05, 0.1) is 10.7 Å². The van der Waals surface area contributed by atoms with Crippen LogP contribution in [0, 0.1) is 0 Å². The summed E-state index contributed by atoms with van der Waals surface area (Å²) in [6.07, 6.45) is 3.07. The molecule has 86 valence electrons. The van der Waals surface area contributed by atoms with Crippen LogP contribution in [0.3, 0.4) is 0 Å². The summed E-state index contributed by atoms with van der Waals surface area (Å²) in [6, 6.07) is 4.90. The van der Waals surface area contributed by atoms with Crippen molar-refractivity contribution in [2.75, 3.05) is 19.4 Å². The molecule has 1 aromatic carbocycles. The zero-order valence-electron chi connectivity index (χ0n) is 9.00. The lowest BCUT2D eigenvalue weighted by molar-refractivity contribution is -0.112. The van der Waals surface area contributed by atoms with Crippen LogP contribution in [-0.2, 0) is 4.79 Å². The fraction of sp³-hybridized carbons (Fsp3) is 0.182. The first-order valence-corrected chi connectivity index (χ1v) is 5.35. The lowest BCUT2D eigenvalue weighted by atomic mass is 10.3. The molecular formula is C11H12Cl2N2O. The van der Waals surface area contributed by atoms with Gasteiger partial charge in [0, 0.05) is 31.4 Å². The van der Waals surface area contributed by atoms with E-state index in [2.05, 4.69) is 5.32 Å². The minimum Gasteiger partial charge on any atom is -0.383 e. The summed E-state index contributed by atoms with van der Waals surface area (Å²) in [5.41, 5.74) is 0.541. The normalized spacial score (nSPS) is 10.5. The van der Waals surface area contributed by atoms with Gasteiger partial charge in [-0.05, 0) is 18.2 Å². The number of carbonyl (C=O) groups is 1. The lowest BCUT2D eigenvalue weighted by Gasteiger charge is -2.06. The second kappa shape index (κ2) is 5.77. The molecule has 0 aliphatic carbocycles. The minimum atomic E-state index is -0.238. The molecule has 0 fully saturated rings. The molecule has 0 bridgehead atoms. The summed E-state index contributed by atoms with van der Waals surface area (Å²) in [6.45, 7) is 0. The van der Waals surface area contributed by atoms with Gasteiger partial charge in [-0.2, -0.15) is 0 Å². The summed E-state index contributed by atoms with van der Waals surface area (Å²) >= 11 is 11.6. The predicted octanol–water partition coefficient (Wildman–Crippen LogP) is 3.01. The number of carbonyl (C=O) groups excluding carboxylic acids is 1. The lowest BCUT2D eigenvalue weighted by Crippen LogP contribution is -2.10. The summed E-state index contributed by atoms with van der Waals surface area (Å²) in [7, 11) is 3.66. The van der Waals surface area contributed by atoms with Gasteiger partial charge in [0.15, 0.2) is 0 Å². The summed E-state index contributed by atoms with van der Waals surface area (Å²) in [4.78, 5) is 13.2. The fourth-order valence-electron chi connectivity index (χ4n) is 0.982. The Bertz CT molecular complexity index is 416. The Morgan fingerprint density at radius 1 is 1.38 bits per heavy atom. The quantitative estimate of drug-likeness (QED) is 0.846. The number of nitrogens with one attached hydrogen (secondary N) is 1. The van der Waals surface area contributed by atoms with Crippen LogP contribution < -0.4 is 5.32 Å². The Kier molecular flexibility index (Phi) is 4.65. The zero-order chi connectivity index (χ0) is 12.1. The van der Waals surface area contributed by atoms with Crippen LogP contribution in [0.4, 0.5) is 5.69 Å². The molecule has 0 spiro atoms. The minimum absolute atomic E-state index is 0.238. The van der Waals surface area contributed by atoms with Gasteiger partial charge >= 0.3 is 0 Å². The SMILES string of the molecule is CN(C)C=CC(=O)Nc1ccc(Cl)cc1Cl. The van der Waals surface area contributed by atoms with E-state index in [4.69, 9.17) is 23.2 Å². The molecule has 0 aliphatic rings. The molecule has 3 nitrogen and oxygen atoms in total. The first-order valence-electron chi connectivity index (χ1n) is 4.59. The molecule has 5 heteroatoms. The topological polar surface area (TPSA) is 32.3 Å². The van der Waals surface area contributed by atoms with E-state index in [0.717, 1.165) is 0 Å². The summed E-state index contributed by atoms with van der Waals surface area (Å²) in [5.74, 6) is -0.238. The van der Waals surface area contributed by atoms with Crippen LogP contribution in [-0.4, -0.2) is 24.9 Å². The molecule has 0 radical (unpaired) electrons. The zero-order valence-corrected chi connectivity index (χ0v) is 10.5. The number of amides is 1. The van der Waals surface area contributed by atoms with Gasteiger partial charge in [0.1, 0.15) is 0 Å². The van der Waals surface area contributed by atoms with Gasteiger partial charge in [0.25, 0.3) is 0 Å². The van der Waals surface area contributed by atoms with Crippen molar-refractivity contribution in [3.63, 3.8) is 0 Å². The summed E-state index contributed by atoms with van der Waals surface area (Å²) in [5, 5.41) is 3.60. The van der Waals surface area contributed by atoms with E-state index < -0.39 is 0 Å². The average molecular weight is 259 g/mol. The number of hydrogen-bond acceptors (Lipinski definition) is 2. The van der Waals surface area contributed by atoms with Crippen molar-refractivity contribution in [3.05, 3.63) is 40.5 Å². The Labute approximate surface area is 105 Å². The molecule has 1 aromatic rings. The Hall–Kier alpha value is -1.19. The highest BCUT2D eigenvalue weighted by Crippen LogP contribution is 2.25. The van der Waals surface area contributed by atoms with E-state index in [9.17, 15) is 4.79 Å². The Morgan fingerprint density at radius 2 is 2.06 bits per heavy atom. The third kappa shape index (κ3) is 4.13. The van der Waals surface area contributed by atoms with Gasteiger partial charge < -0.3 is 10.2 Å². The predicted molar refractivity (Wildman–Crippen MR) is 67.9 cm³/mol. The molecule has 0 saturated heterocycles. The number of rotatable bonds is 3. The van der Waals surface area contributed by atoms with Crippen LogP contribution in [0.25, 0.3) is 0 Å². The van der Waals surface area contributed by atoms with Crippen molar-refractivity contribution in [2.45, 2.75) is 0 Å². The molecule has 1 N–H and O–H groups in total. The Morgan fingerprint density at radius 3 is 2.62 bits per heavy atom. The van der Waals surface area contributed by atoms with Gasteiger partial charge in [-0.15, -0.1) is 0 Å². The second-order valence-electron chi connectivity index (χ2n) is 3.39. The molecule has 0 aromatic heterocycles. The fourth-order valence-corrected chi connectivity index (χ4v) is 1.44. The number of hydrogen-bond donors (Lipinski definition) is 1. The first-order chi connectivity index (χ1) is 7.49. The molecule has 1 amide bonds. The number of anilines is 1. The molecule has 0 aliphatic heterocycles. The van der Waals surface area contributed by atoms with Gasteiger partial charge in [-0.3, -0.25) is 4.79 Å². The standard InChI is InChI=1S/C11H12Cl2N2O/c1-15(2)6-5-11(16)14-10-4-3-8(12)7-9(10)13/h3-7H,1-2H3,(H,14,16). The number of halogens is 2. The molecule has 0 saturated carbocycles. The molecule has 0 atom stereocenters. The van der Waals surface area contributed by atoms with Gasteiger partial charge in [-0.1, -0.05) is 23.2 Å². The van der Waals surface area contributed by atoms with E-state index in [1.807, 2.05) is 14.1 Å². The molecule has 1 rings (SSSR count). The van der Waals surface area contributed by atoms with Crippen LogP contribution in [0.5, 0.6) is 0 Å². The van der Waals surface area contributed by atoms with Crippen molar-refractivity contribution in [1.29, 1.82) is 0 Å². The van der Waals surface area contributed by atoms with E-state index in [1.165, 1.54) is 6.08 Å². The number of nitrogens with zero attached hydrogens (tertiary/aromatic N) is 1. The highest BCUT2D eigenvalue weighted by Gasteiger charge is 2.03. The van der Waals surface area contributed by atoms with E-state index in [0.29, 0.717) is 15.7 Å². The van der Waals surface area contributed by atoms with Gasteiger partial charge in [0.2, 0.25) is 5.91 Å². The third-order valence-electron chi connectivity index (χ3n) is 1.71. The van der Waals surface area contributed by atoms with Crippen LogP contribution >= 0.6 is 23.2 Å². The molecule has 0 unspecified atom stereocenters. The van der Waals surface area contributed by atoms with Crippen molar-refractivity contribution < 1.29 is 4.79 Å². The second-order valence-corrected chi connectivity index (χ2v) is 4.24. The van der Waals surface area contributed by atoms with Gasteiger partial charge in [-0.25, -0.2) is 0 Å². The maximum atomic E-state index is 11.4. The monoisotopic (exact) mass is 258 g/mol.